The molecule has 6 heteroatoms. The number of hydrogen-bond acceptors (Lipinski definition) is 4. The van der Waals surface area contributed by atoms with E-state index in [0.29, 0.717) is 22.3 Å². The van der Waals surface area contributed by atoms with E-state index in [4.69, 9.17) is 4.74 Å². The minimum Gasteiger partial charge on any atom is -0.497 e. The van der Waals surface area contributed by atoms with Crippen LogP contribution in [0.25, 0.3) is 10.9 Å². The number of halogens is 1. The second-order valence-corrected chi connectivity index (χ2v) is 7.78. The highest BCUT2D eigenvalue weighted by atomic mass is 19.1. The Morgan fingerprint density at radius 2 is 1.83 bits per heavy atom. The second-order valence-electron chi connectivity index (χ2n) is 7.78. The molecule has 1 saturated heterocycles. The number of aromatic nitrogens is 1. The molecular formula is C24H28FN3O2. The van der Waals surface area contributed by atoms with E-state index < -0.39 is 0 Å². The molecule has 4 rings (SSSR count). The third kappa shape index (κ3) is 4.11. The first kappa shape index (κ1) is 20.6. The highest BCUT2D eigenvalue weighted by Crippen LogP contribution is 2.29. The maximum Gasteiger partial charge on any atom is 0.195 e. The lowest BCUT2D eigenvalue weighted by molar-refractivity contribution is 0.103. The Hall–Kier alpha value is -2.70. The van der Waals surface area contributed by atoms with Gasteiger partial charge in [-0.3, -0.25) is 4.79 Å². The van der Waals surface area contributed by atoms with E-state index in [-0.39, 0.29) is 11.6 Å². The number of ketones is 1. The maximum atomic E-state index is 14.1. The first-order chi connectivity index (χ1) is 14.6. The van der Waals surface area contributed by atoms with Gasteiger partial charge in [0.1, 0.15) is 11.6 Å². The molecule has 30 heavy (non-hydrogen) atoms. The number of ether oxygens (including phenoxy) is 1. The molecular weight excluding hydrogens is 381 g/mol. The van der Waals surface area contributed by atoms with Gasteiger partial charge in [-0.05, 0) is 62.4 Å². The summed E-state index contributed by atoms with van der Waals surface area (Å²) in [5.41, 5.74) is 2.95. The minimum atomic E-state index is -0.329. The van der Waals surface area contributed by atoms with Gasteiger partial charge in [0.2, 0.25) is 0 Å². The zero-order chi connectivity index (χ0) is 21.1. The van der Waals surface area contributed by atoms with E-state index in [9.17, 15) is 9.18 Å². The predicted octanol–water partition coefficient (Wildman–Crippen LogP) is 3.62. The summed E-state index contributed by atoms with van der Waals surface area (Å²) < 4.78 is 21.4. The third-order valence-corrected chi connectivity index (χ3v) is 5.93. The Bertz CT molecular complexity index is 1040. The van der Waals surface area contributed by atoms with Gasteiger partial charge in [0.15, 0.2) is 5.78 Å². The molecule has 0 amide bonds. The number of carbonyl (C=O) groups is 1. The zero-order valence-corrected chi connectivity index (χ0v) is 17.6. The number of piperazine rings is 1. The van der Waals surface area contributed by atoms with Crippen LogP contribution in [0.3, 0.4) is 0 Å². The topological polar surface area (TPSA) is 46.5 Å². The Balaban J connectivity index is 1.64. The standard InChI is InChI=1S/C24H28FN3O2/c1-17-23(24(29)18-4-7-20(30-2)8-5-18)21-16-19(25)6-9-22(21)28(17)13-3-12-27-14-10-26-11-15-27/h4-9,16,26H,3,10-15H2,1-2H3. The molecule has 1 fully saturated rings. The number of hydrogen-bond donors (Lipinski definition) is 1. The Morgan fingerprint density at radius 1 is 1.10 bits per heavy atom. The van der Waals surface area contributed by atoms with Crippen LogP contribution in [-0.4, -0.2) is 55.1 Å². The van der Waals surface area contributed by atoms with Crippen LogP contribution in [0.4, 0.5) is 4.39 Å². The van der Waals surface area contributed by atoms with Gasteiger partial charge >= 0.3 is 0 Å². The first-order valence-electron chi connectivity index (χ1n) is 10.5. The average molecular weight is 410 g/mol. The lowest BCUT2D eigenvalue weighted by Crippen LogP contribution is -2.43. The normalized spacial score (nSPS) is 14.9. The van der Waals surface area contributed by atoms with Crippen molar-refractivity contribution < 1.29 is 13.9 Å². The molecule has 1 aromatic heterocycles. The van der Waals surface area contributed by atoms with Gasteiger partial charge < -0.3 is 19.5 Å². The van der Waals surface area contributed by atoms with E-state index in [1.54, 1.807) is 37.4 Å². The molecule has 1 N–H and O–H groups in total. The van der Waals surface area contributed by atoms with Crippen LogP contribution in [0.1, 0.15) is 28.0 Å². The van der Waals surface area contributed by atoms with Crippen molar-refractivity contribution in [1.29, 1.82) is 0 Å². The molecule has 3 aromatic rings. The van der Waals surface area contributed by atoms with Gasteiger partial charge in [-0.2, -0.15) is 0 Å². The Kier molecular flexibility index (Phi) is 6.16. The Morgan fingerprint density at radius 3 is 2.53 bits per heavy atom. The molecule has 0 atom stereocenters. The molecule has 2 heterocycles. The molecule has 158 valence electrons. The van der Waals surface area contributed by atoms with Gasteiger partial charge in [0.05, 0.1) is 12.7 Å². The summed E-state index contributed by atoms with van der Waals surface area (Å²) in [5.74, 6) is 0.278. The molecule has 0 bridgehead atoms. The zero-order valence-electron chi connectivity index (χ0n) is 17.6. The fraction of sp³-hybridized carbons (Fsp3) is 0.375. The van der Waals surface area contributed by atoms with Crippen LogP contribution < -0.4 is 10.1 Å². The van der Waals surface area contributed by atoms with Crippen LogP contribution >= 0.6 is 0 Å². The SMILES string of the molecule is COc1ccc(C(=O)c2c(C)n(CCCN3CCNCC3)c3ccc(F)cc23)cc1. The number of methoxy groups -OCH3 is 1. The largest absolute Gasteiger partial charge is 0.497 e. The average Bonchev–Trinajstić information content (AvgIpc) is 3.04. The summed E-state index contributed by atoms with van der Waals surface area (Å²) in [4.78, 5) is 15.8. The summed E-state index contributed by atoms with van der Waals surface area (Å²) in [6, 6.07) is 11.8. The van der Waals surface area contributed by atoms with Gasteiger partial charge in [-0.25, -0.2) is 4.39 Å². The fourth-order valence-electron chi connectivity index (χ4n) is 4.30. The summed E-state index contributed by atoms with van der Waals surface area (Å²) >= 11 is 0. The minimum absolute atomic E-state index is 0.0911. The number of rotatable bonds is 7. The van der Waals surface area contributed by atoms with Crippen molar-refractivity contribution in [2.24, 2.45) is 0 Å². The quantitative estimate of drug-likeness (QED) is 0.606. The summed E-state index contributed by atoms with van der Waals surface area (Å²) in [6.45, 7) is 7.98. The smallest absolute Gasteiger partial charge is 0.195 e. The fourth-order valence-corrected chi connectivity index (χ4v) is 4.30. The molecule has 1 aliphatic heterocycles. The van der Waals surface area contributed by atoms with Crippen molar-refractivity contribution in [2.45, 2.75) is 19.9 Å². The van der Waals surface area contributed by atoms with Crippen LogP contribution in [0.5, 0.6) is 5.75 Å². The molecule has 5 nitrogen and oxygen atoms in total. The molecule has 0 radical (unpaired) electrons. The van der Waals surface area contributed by atoms with E-state index in [2.05, 4.69) is 14.8 Å². The molecule has 0 aliphatic carbocycles. The van der Waals surface area contributed by atoms with Gasteiger partial charge in [0.25, 0.3) is 0 Å². The first-order valence-corrected chi connectivity index (χ1v) is 10.5. The Labute approximate surface area is 176 Å². The van der Waals surface area contributed by atoms with Crippen molar-refractivity contribution in [3.05, 3.63) is 65.1 Å². The van der Waals surface area contributed by atoms with E-state index in [1.807, 2.05) is 6.92 Å². The van der Waals surface area contributed by atoms with Crippen molar-refractivity contribution in [3.8, 4) is 5.75 Å². The van der Waals surface area contributed by atoms with Crippen LogP contribution in [0.15, 0.2) is 42.5 Å². The maximum absolute atomic E-state index is 14.1. The van der Waals surface area contributed by atoms with Crippen molar-refractivity contribution >= 4 is 16.7 Å². The number of fused-ring (bicyclic) bond motifs is 1. The molecule has 0 unspecified atom stereocenters. The number of carbonyl (C=O) groups excluding carboxylic acids is 1. The monoisotopic (exact) mass is 409 g/mol. The summed E-state index contributed by atoms with van der Waals surface area (Å²) in [6.07, 6.45) is 0.984. The van der Waals surface area contributed by atoms with Crippen LogP contribution in [0.2, 0.25) is 0 Å². The van der Waals surface area contributed by atoms with Crippen molar-refractivity contribution in [2.75, 3.05) is 39.8 Å². The lowest BCUT2D eigenvalue weighted by atomic mass is 10.0. The summed E-state index contributed by atoms with van der Waals surface area (Å²) in [7, 11) is 1.60. The predicted molar refractivity (Wildman–Crippen MR) is 117 cm³/mol. The number of aryl methyl sites for hydroxylation is 1. The molecule has 0 spiro atoms. The van der Waals surface area contributed by atoms with Gasteiger partial charge in [-0.1, -0.05) is 0 Å². The highest BCUT2D eigenvalue weighted by Gasteiger charge is 2.22. The summed E-state index contributed by atoms with van der Waals surface area (Å²) in [5, 5.41) is 4.05. The molecule has 0 saturated carbocycles. The van der Waals surface area contributed by atoms with Crippen molar-refractivity contribution in [3.63, 3.8) is 0 Å². The molecule has 2 aromatic carbocycles. The van der Waals surface area contributed by atoms with E-state index in [0.717, 1.165) is 56.9 Å². The van der Waals surface area contributed by atoms with Gasteiger partial charge in [0, 0.05) is 54.9 Å². The highest BCUT2D eigenvalue weighted by molar-refractivity contribution is 6.17. The van der Waals surface area contributed by atoms with Crippen LogP contribution in [0, 0.1) is 12.7 Å². The van der Waals surface area contributed by atoms with Crippen LogP contribution in [-0.2, 0) is 6.54 Å². The molecule has 1 aliphatic rings. The van der Waals surface area contributed by atoms with Crippen molar-refractivity contribution in [1.82, 2.24) is 14.8 Å². The lowest BCUT2D eigenvalue weighted by Gasteiger charge is -2.27. The van der Waals surface area contributed by atoms with E-state index in [1.165, 1.54) is 12.1 Å². The third-order valence-electron chi connectivity index (χ3n) is 5.93. The van der Waals surface area contributed by atoms with Gasteiger partial charge in [-0.15, -0.1) is 0 Å². The number of nitrogens with one attached hydrogen (secondary N) is 1. The number of nitrogens with zero attached hydrogens (tertiary/aromatic N) is 2. The second kappa shape index (κ2) is 8.98. The van der Waals surface area contributed by atoms with E-state index >= 15 is 0 Å². The number of benzene rings is 2.